The number of hydrogen-bond donors (Lipinski definition) is 2. The third-order valence-corrected chi connectivity index (χ3v) is 3.98. The van der Waals surface area contributed by atoms with Crippen LogP contribution in [0.5, 0.6) is 0 Å². The van der Waals surface area contributed by atoms with E-state index in [-0.39, 0.29) is 6.10 Å². The van der Waals surface area contributed by atoms with Crippen molar-refractivity contribution in [3.05, 3.63) is 0 Å². The van der Waals surface area contributed by atoms with Crippen molar-refractivity contribution in [1.82, 2.24) is 5.32 Å². The van der Waals surface area contributed by atoms with Crippen molar-refractivity contribution in [2.45, 2.75) is 44.0 Å². The van der Waals surface area contributed by atoms with Crippen LogP contribution in [-0.2, 0) is 0 Å². The van der Waals surface area contributed by atoms with E-state index in [0.717, 1.165) is 24.1 Å². The Bertz CT molecular complexity index is 126. The summed E-state index contributed by atoms with van der Waals surface area (Å²) in [6.07, 6.45) is 5.34. The lowest BCUT2D eigenvalue weighted by Crippen LogP contribution is -2.28. The van der Waals surface area contributed by atoms with E-state index in [2.05, 4.69) is 12.2 Å². The smallest absolute Gasteiger partial charge is 0.0754 e. The molecule has 13 heavy (non-hydrogen) atoms. The molecule has 3 heteroatoms. The Kier molecular flexibility index (Phi) is 5.83. The van der Waals surface area contributed by atoms with Gasteiger partial charge in [-0.1, -0.05) is 19.8 Å². The molecule has 2 nitrogen and oxygen atoms in total. The lowest BCUT2D eigenvalue weighted by molar-refractivity contribution is 0.196. The molecule has 1 rings (SSSR count). The first-order chi connectivity index (χ1) is 6.33. The highest BCUT2D eigenvalue weighted by Gasteiger charge is 2.16. The summed E-state index contributed by atoms with van der Waals surface area (Å²) in [4.78, 5) is 0. The van der Waals surface area contributed by atoms with Crippen LogP contribution in [-0.4, -0.2) is 35.3 Å². The van der Waals surface area contributed by atoms with Gasteiger partial charge in [-0.15, -0.1) is 0 Å². The summed E-state index contributed by atoms with van der Waals surface area (Å²) in [7, 11) is 0. The number of aliphatic hydroxyl groups is 1. The highest BCUT2D eigenvalue weighted by molar-refractivity contribution is 7.99. The van der Waals surface area contributed by atoms with Gasteiger partial charge in [-0.25, -0.2) is 0 Å². The van der Waals surface area contributed by atoms with Crippen LogP contribution in [0.3, 0.4) is 0 Å². The van der Waals surface area contributed by atoms with Gasteiger partial charge in [0.15, 0.2) is 0 Å². The van der Waals surface area contributed by atoms with E-state index in [1.807, 2.05) is 11.8 Å². The fraction of sp³-hybridized carbons (Fsp3) is 1.00. The van der Waals surface area contributed by atoms with Crippen molar-refractivity contribution in [2.75, 3.05) is 18.8 Å². The Morgan fingerprint density at radius 2 is 2.15 bits per heavy atom. The van der Waals surface area contributed by atoms with Crippen LogP contribution in [0.15, 0.2) is 0 Å². The molecule has 0 aliphatic heterocycles. The SMILES string of the molecule is CCNCC(O)CSC1CCCC1. The highest BCUT2D eigenvalue weighted by atomic mass is 32.2. The van der Waals surface area contributed by atoms with Gasteiger partial charge in [0, 0.05) is 17.5 Å². The van der Waals surface area contributed by atoms with Gasteiger partial charge >= 0.3 is 0 Å². The number of hydrogen-bond acceptors (Lipinski definition) is 3. The van der Waals surface area contributed by atoms with Crippen LogP contribution in [0.1, 0.15) is 32.6 Å². The summed E-state index contributed by atoms with van der Waals surface area (Å²) >= 11 is 1.95. The number of rotatable bonds is 6. The van der Waals surface area contributed by atoms with Crippen molar-refractivity contribution in [3.63, 3.8) is 0 Å². The lowest BCUT2D eigenvalue weighted by atomic mass is 10.4. The molecule has 0 bridgehead atoms. The molecule has 0 aromatic rings. The van der Waals surface area contributed by atoms with E-state index in [4.69, 9.17) is 0 Å². The molecule has 1 fully saturated rings. The van der Waals surface area contributed by atoms with Crippen LogP contribution in [0.4, 0.5) is 0 Å². The Morgan fingerprint density at radius 3 is 2.77 bits per heavy atom. The molecule has 0 saturated heterocycles. The molecule has 0 aromatic heterocycles. The molecule has 0 amide bonds. The second-order valence-corrected chi connectivity index (χ2v) is 5.03. The summed E-state index contributed by atoms with van der Waals surface area (Å²) in [6, 6.07) is 0. The van der Waals surface area contributed by atoms with Crippen LogP contribution >= 0.6 is 11.8 Å². The highest BCUT2D eigenvalue weighted by Crippen LogP contribution is 2.29. The van der Waals surface area contributed by atoms with Crippen molar-refractivity contribution >= 4 is 11.8 Å². The third kappa shape index (κ3) is 4.89. The number of nitrogens with one attached hydrogen (secondary N) is 1. The monoisotopic (exact) mass is 203 g/mol. The fourth-order valence-electron chi connectivity index (χ4n) is 1.67. The summed E-state index contributed by atoms with van der Waals surface area (Å²) in [6.45, 7) is 3.76. The van der Waals surface area contributed by atoms with Gasteiger partial charge in [0.2, 0.25) is 0 Å². The Morgan fingerprint density at radius 1 is 1.46 bits per heavy atom. The standard InChI is InChI=1S/C10H21NOS/c1-2-11-7-9(12)8-13-10-5-3-4-6-10/h9-12H,2-8H2,1H3. The van der Waals surface area contributed by atoms with Crippen LogP contribution < -0.4 is 5.32 Å². The summed E-state index contributed by atoms with van der Waals surface area (Å²) in [5.74, 6) is 0.900. The first-order valence-electron chi connectivity index (χ1n) is 5.33. The second-order valence-electron chi connectivity index (χ2n) is 3.70. The third-order valence-electron chi connectivity index (χ3n) is 2.46. The largest absolute Gasteiger partial charge is 0.391 e. The summed E-state index contributed by atoms with van der Waals surface area (Å²) in [5.41, 5.74) is 0. The van der Waals surface area contributed by atoms with E-state index < -0.39 is 0 Å². The molecule has 0 radical (unpaired) electrons. The minimum atomic E-state index is -0.162. The molecule has 0 heterocycles. The maximum absolute atomic E-state index is 9.56. The van der Waals surface area contributed by atoms with E-state index in [0.29, 0.717) is 0 Å². The first kappa shape index (κ1) is 11.3. The number of likely N-dealkylation sites (N-methyl/N-ethyl adjacent to an activating group) is 1. The molecule has 0 aromatic carbocycles. The Balaban J connectivity index is 1.97. The fourth-order valence-corrected chi connectivity index (χ4v) is 2.95. The Labute approximate surface area is 85.5 Å². The van der Waals surface area contributed by atoms with E-state index >= 15 is 0 Å². The normalized spacial score (nSPS) is 20.8. The maximum Gasteiger partial charge on any atom is 0.0754 e. The van der Waals surface area contributed by atoms with Crippen molar-refractivity contribution in [2.24, 2.45) is 0 Å². The maximum atomic E-state index is 9.56. The average Bonchev–Trinajstić information content (AvgIpc) is 2.64. The molecular weight excluding hydrogens is 182 g/mol. The Hall–Kier alpha value is 0.270. The molecule has 1 aliphatic rings. The lowest BCUT2D eigenvalue weighted by Gasteiger charge is -2.13. The zero-order chi connectivity index (χ0) is 9.52. The van der Waals surface area contributed by atoms with Crippen molar-refractivity contribution in [1.29, 1.82) is 0 Å². The topological polar surface area (TPSA) is 32.3 Å². The predicted octanol–water partition coefficient (Wildman–Crippen LogP) is 1.63. The van der Waals surface area contributed by atoms with Gasteiger partial charge in [0.1, 0.15) is 0 Å². The van der Waals surface area contributed by atoms with Gasteiger partial charge in [-0.2, -0.15) is 11.8 Å². The summed E-state index contributed by atoms with van der Waals surface area (Å²) < 4.78 is 0. The minimum absolute atomic E-state index is 0.162. The molecule has 1 unspecified atom stereocenters. The molecule has 78 valence electrons. The molecule has 1 saturated carbocycles. The van der Waals surface area contributed by atoms with Gasteiger partial charge < -0.3 is 10.4 Å². The van der Waals surface area contributed by atoms with E-state index in [1.54, 1.807) is 0 Å². The molecular formula is C10H21NOS. The number of aliphatic hydroxyl groups excluding tert-OH is 1. The summed E-state index contributed by atoms with van der Waals surface area (Å²) in [5, 5.41) is 13.5. The quantitative estimate of drug-likeness (QED) is 0.688. The van der Waals surface area contributed by atoms with Crippen LogP contribution in [0.25, 0.3) is 0 Å². The van der Waals surface area contributed by atoms with Crippen LogP contribution in [0.2, 0.25) is 0 Å². The van der Waals surface area contributed by atoms with Gasteiger partial charge in [0.25, 0.3) is 0 Å². The average molecular weight is 203 g/mol. The first-order valence-corrected chi connectivity index (χ1v) is 6.38. The predicted molar refractivity (Wildman–Crippen MR) is 59.3 cm³/mol. The molecule has 2 N–H and O–H groups in total. The molecule has 1 aliphatic carbocycles. The van der Waals surface area contributed by atoms with Gasteiger partial charge in [-0.3, -0.25) is 0 Å². The number of thioether (sulfide) groups is 1. The van der Waals surface area contributed by atoms with E-state index in [1.165, 1.54) is 25.7 Å². The van der Waals surface area contributed by atoms with Crippen molar-refractivity contribution < 1.29 is 5.11 Å². The van der Waals surface area contributed by atoms with Gasteiger partial charge in [-0.05, 0) is 19.4 Å². The van der Waals surface area contributed by atoms with Crippen LogP contribution in [0, 0.1) is 0 Å². The molecule has 1 atom stereocenters. The second kappa shape index (κ2) is 6.68. The molecule has 0 spiro atoms. The minimum Gasteiger partial charge on any atom is -0.391 e. The van der Waals surface area contributed by atoms with Crippen molar-refractivity contribution in [3.8, 4) is 0 Å². The zero-order valence-corrected chi connectivity index (χ0v) is 9.28. The zero-order valence-electron chi connectivity index (χ0n) is 8.46. The van der Waals surface area contributed by atoms with Gasteiger partial charge in [0.05, 0.1) is 6.10 Å². The van der Waals surface area contributed by atoms with E-state index in [9.17, 15) is 5.11 Å².